The van der Waals surface area contributed by atoms with Crippen LogP contribution in [0.25, 0.3) is 0 Å². The summed E-state index contributed by atoms with van der Waals surface area (Å²) in [7, 11) is 0. The van der Waals surface area contributed by atoms with Crippen molar-refractivity contribution in [3.05, 3.63) is 58.6 Å². The van der Waals surface area contributed by atoms with Gasteiger partial charge in [-0.2, -0.15) is 0 Å². The number of hydrogen-bond acceptors (Lipinski definition) is 4. The summed E-state index contributed by atoms with van der Waals surface area (Å²) in [5.41, 5.74) is 2.27. The Morgan fingerprint density at radius 2 is 1.93 bits per heavy atom. The first-order valence-corrected chi connectivity index (χ1v) is 10.2. The number of hydrogen-bond donors (Lipinski definition) is 1. The van der Waals surface area contributed by atoms with Crippen LogP contribution in [0.2, 0.25) is 5.02 Å². The van der Waals surface area contributed by atoms with Crippen LogP contribution in [-0.2, 0) is 17.8 Å². The van der Waals surface area contributed by atoms with Crippen LogP contribution in [0, 0.1) is 0 Å². The SMILES string of the molecule is O=C1CC[C@@H](CCNCc2cc3c(cc2Cl)OCO3)N1CCc1ccccc1. The Labute approximate surface area is 170 Å². The predicted octanol–water partition coefficient (Wildman–Crippen LogP) is 3.78. The van der Waals surface area contributed by atoms with Gasteiger partial charge >= 0.3 is 0 Å². The fourth-order valence-electron chi connectivity index (χ4n) is 3.88. The number of halogens is 1. The zero-order valence-electron chi connectivity index (χ0n) is 15.8. The lowest BCUT2D eigenvalue weighted by Gasteiger charge is -2.25. The topological polar surface area (TPSA) is 50.8 Å². The highest BCUT2D eigenvalue weighted by atomic mass is 35.5. The zero-order chi connectivity index (χ0) is 19.3. The first kappa shape index (κ1) is 19.1. The number of fused-ring (bicyclic) bond motifs is 1. The van der Waals surface area contributed by atoms with Crippen LogP contribution in [-0.4, -0.2) is 36.7 Å². The number of amides is 1. The summed E-state index contributed by atoms with van der Waals surface area (Å²) >= 11 is 6.33. The summed E-state index contributed by atoms with van der Waals surface area (Å²) < 4.78 is 10.8. The van der Waals surface area contributed by atoms with E-state index in [1.807, 2.05) is 30.3 Å². The number of rotatable bonds is 8. The summed E-state index contributed by atoms with van der Waals surface area (Å²) in [6, 6.07) is 14.4. The van der Waals surface area contributed by atoms with E-state index in [-0.39, 0.29) is 12.7 Å². The molecule has 2 aromatic rings. The van der Waals surface area contributed by atoms with Crippen molar-refractivity contribution in [3.63, 3.8) is 0 Å². The van der Waals surface area contributed by atoms with Crippen molar-refractivity contribution in [2.75, 3.05) is 19.9 Å². The number of benzene rings is 2. The van der Waals surface area contributed by atoms with Crippen molar-refractivity contribution in [1.82, 2.24) is 10.2 Å². The van der Waals surface area contributed by atoms with Gasteiger partial charge in [-0.15, -0.1) is 0 Å². The lowest BCUT2D eigenvalue weighted by Crippen LogP contribution is -2.36. The lowest BCUT2D eigenvalue weighted by atomic mass is 10.1. The van der Waals surface area contributed by atoms with Gasteiger partial charge in [-0.1, -0.05) is 41.9 Å². The van der Waals surface area contributed by atoms with Crippen molar-refractivity contribution < 1.29 is 14.3 Å². The van der Waals surface area contributed by atoms with Gasteiger partial charge < -0.3 is 19.7 Å². The first-order valence-electron chi connectivity index (χ1n) is 9.83. The van der Waals surface area contributed by atoms with Gasteiger partial charge in [0.2, 0.25) is 12.7 Å². The molecule has 2 aliphatic heterocycles. The first-order chi connectivity index (χ1) is 13.7. The van der Waals surface area contributed by atoms with Crippen molar-refractivity contribution in [1.29, 1.82) is 0 Å². The van der Waals surface area contributed by atoms with E-state index in [0.29, 0.717) is 29.8 Å². The molecule has 28 heavy (non-hydrogen) atoms. The molecule has 148 valence electrons. The van der Waals surface area contributed by atoms with Gasteiger partial charge in [-0.25, -0.2) is 0 Å². The summed E-state index contributed by atoms with van der Waals surface area (Å²) in [6.07, 6.45) is 3.46. The summed E-state index contributed by atoms with van der Waals surface area (Å²) in [5, 5.41) is 4.13. The molecule has 5 nitrogen and oxygen atoms in total. The number of carbonyl (C=O) groups excluding carboxylic acids is 1. The Hall–Kier alpha value is -2.24. The quantitative estimate of drug-likeness (QED) is 0.685. The highest BCUT2D eigenvalue weighted by molar-refractivity contribution is 6.31. The fourth-order valence-corrected chi connectivity index (χ4v) is 4.10. The Morgan fingerprint density at radius 1 is 1.14 bits per heavy atom. The molecule has 0 saturated carbocycles. The minimum atomic E-state index is 0.247. The number of carbonyl (C=O) groups is 1. The third-order valence-electron chi connectivity index (χ3n) is 5.45. The van der Waals surface area contributed by atoms with Gasteiger partial charge in [0, 0.05) is 36.6 Å². The Morgan fingerprint density at radius 3 is 2.75 bits per heavy atom. The van der Waals surface area contributed by atoms with Gasteiger partial charge in [0.15, 0.2) is 11.5 Å². The van der Waals surface area contributed by atoms with E-state index in [9.17, 15) is 4.79 Å². The second kappa shape index (κ2) is 8.84. The van der Waals surface area contributed by atoms with E-state index >= 15 is 0 Å². The maximum atomic E-state index is 12.3. The number of likely N-dealkylation sites (tertiary alicyclic amines) is 1. The molecule has 2 aromatic carbocycles. The standard InChI is InChI=1S/C22H25ClN2O3/c23-19-13-21-20(27-15-28-21)12-17(19)14-24-10-8-18-6-7-22(26)25(18)11-9-16-4-2-1-3-5-16/h1-5,12-13,18,24H,6-11,14-15H2/t18-/m0/s1. The van der Waals surface area contributed by atoms with Gasteiger partial charge in [-0.3, -0.25) is 4.79 Å². The zero-order valence-corrected chi connectivity index (χ0v) is 16.6. The van der Waals surface area contributed by atoms with Crippen molar-refractivity contribution in [2.24, 2.45) is 0 Å². The molecule has 4 rings (SSSR count). The van der Waals surface area contributed by atoms with E-state index in [4.69, 9.17) is 21.1 Å². The third-order valence-corrected chi connectivity index (χ3v) is 5.80. The second-order valence-corrected chi connectivity index (χ2v) is 7.68. The molecule has 1 atom stereocenters. The molecular weight excluding hydrogens is 376 g/mol. The molecule has 6 heteroatoms. The largest absolute Gasteiger partial charge is 0.454 e. The molecule has 2 heterocycles. The molecular formula is C22H25ClN2O3. The van der Waals surface area contributed by atoms with Crippen molar-refractivity contribution >= 4 is 17.5 Å². The Kier molecular flexibility index (Phi) is 6.03. The minimum absolute atomic E-state index is 0.247. The van der Waals surface area contributed by atoms with Crippen LogP contribution < -0.4 is 14.8 Å². The molecule has 0 unspecified atom stereocenters. The van der Waals surface area contributed by atoms with Gasteiger partial charge in [0.25, 0.3) is 0 Å². The average Bonchev–Trinajstić information content (AvgIpc) is 3.30. The van der Waals surface area contributed by atoms with Gasteiger partial charge in [-0.05, 0) is 43.0 Å². The maximum absolute atomic E-state index is 12.3. The molecule has 1 fully saturated rings. The van der Waals surface area contributed by atoms with Crippen molar-refractivity contribution in [2.45, 2.75) is 38.3 Å². The lowest BCUT2D eigenvalue weighted by molar-refractivity contribution is -0.129. The van der Waals surface area contributed by atoms with Crippen LogP contribution in [0.1, 0.15) is 30.4 Å². The van der Waals surface area contributed by atoms with Crippen LogP contribution in [0.4, 0.5) is 0 Å². The Bertz CT molecular complexity index is 828. The molecule has 0 spiro atoms. The highest BCUT2D eigenvalue weighted by Gasteiger charge is 2.29. The summed E-state index contributed by atoms with van der Waals surface area (Å²) in [4.78, 5) is 14.3. The van der Waals surface area contributed by atoms with Gasteiger partial charge in [0.05, 0.1) is 0 Å². The molecule has 1 N–H and O–H groups in total. The van der Waals surface area contributed by atoms with E-state index < -0.39 is 0 Å². The molecule has 2 aliphatic rings. The molecule has 0 aromatic heterocycles. The third kappa shape index (κ3) is 4.42. The van der Waals surface area contributed by atoms with Crippen LogP contribution in [0.15, 0.2) is 42.5 Å². The van der Waals surface area contributed by atoms with E-state index in [0.717, 1.165) is 43.7 Å². The van der Waals surface area contributed by atoms with E-state index in [2.05, 4.69) is 22.3 Å². The molecule has 0 aliphatic carbocycles. The second-order valence-electron chi connectivity index (χ2n) is 7.28. The van der Waals surface area contributed by atoms with Crippen molar-refractivity contribution in [3.8, 4) is 11.5 Å². The van der Waals surface area contributed by atoms with E-state index in [1.165, 1.54) is 5.56 Å². The maximum Gasteiger partial charge on any atom is 0.231 e. The Balaban J connectivity index is 1.25. The van der Waals surface area contributed by atoms with Crippen LogP contribution in [0.3, 0.4) is 0 Å². The van der Waals surface area contributed by atoms with Crippen LogP contribution >= 0.6 is 11.6 Å². The normalized spacial score (nSPS) is 18.1. The summed E-state index contributed by atoms with van der Waals surface area (Å²) in [6.45, 7) is 2.54. The molecule has 1 saturated heterocycles. The fraction of sp³-hybridized carbons (Fsp3) is 0.409. The summed E-state index contributed by atoms with van der Waals surface area (Å²) in [5.74, 6) is 1.72. The number of nitrogens with one attached hydrogen (secondary N) is 1. The minimum Gasteiger partial charge on any atom is -0.454 e. The van der Waals surface area contributed by atoms with Gasteiger partial charge in [0.1, 0.15) is 0 Å². The molecule has 0 bridgehead atoms. The predicted molar refractivity (Wildman–Crippen MR) is 109 cm³/mol. The van der Waals surface area contributed by atoms with E-state index in [1.54, 1.807) is 0 Å². The van der Waals surface area contributed by atoms with Crippen LogP contribution in [0.5, 0.6) is 11.5 Å². The number of ether oxygens (including phenoxy) is 2. The monoisotopic (exact) mass is 400 g/mol. The average molecular weight is 401 g/mol. The number of nitrogens with zero attached hydrogens (tertiary/aromatic N) is 1. The molecule has 0 radical (unpaired) electrons. The molecule has 1 amide bonds. The highest BCUT2D eigenvalue weighted by Crippen LogP contribution is 2.36. The smallest absolute Gasteiger partial charge is 0.231 e.